The molecule has 1 saturated carbocycles. The number of hydrogen-bond donors (Lipinski definition) is 2. The van der Waals surface area contributed by atoms with Crippen LogP contribution in [0.25, 0.3) is 22.1 Å². The maximum Gasteiger partial charge on any atom is 0.178 e. The summed E-state index contributed by atoms with van der Waals surface area (Å²) < 4.78 is 1.91. The van der Waals surface area contributed by atoms with Gasteiger partial charge in [-0.2, -0.15) is 10.2 Å². The zero-order chi connectivity index (χ0) is 16.1. The lowest BCUT2D eigenvalue weighted by molar-refractivity contribution is 0.576. The fourth-order valence-electron chi connectivity index (χ4n) is 2.84. The molecule has 0 aliphatic heterocycles. The van der Waals surface area contributed by atoms with Crippen molar-refractivity contribution >= 4 is 45.2 Å². The van der Waals surface area contributed by atoms with Crippen LogP contribution in [0.15, 0.2) is 30.6 Å². The molecule has 0 amide bonds. The fourth-order valence-corrected chi connectivity index (χ4v) is 3.07. The molecule has 0 spiro atoms. The van der Waals surface area contributed by atoms with Gasteiger partial charge < -0.3 is 5.32 Å². The normalized spacial score (nSPS) is 14.5. The van der Waals surface area contributed by atoms with Gasteiger partial charge in [0.15, 0.2) is 16.6 Å². The monoisotopic (exact) mass is 339 g/mol. The summed E-state index contributed by atoms with van der Waals surface area (Å²) in [4.78, 5) is 8.88. The second-order valence-electron chi connectivity index (χ2n) is 6.11. The van der Waals surface area contributed by atoms with Gasteiger partial charge in [0.05, 0.1) is 22.8 Å². The summed E-state index contributed by atoms with van der Waals surface area (Å²) in [6, 6.07) is 5.75. The predicted octanol–water partition coefficient (Wildman–Crippen LogP) is 3.51. The van der Waals surface area contributed by atoms with E-state index < -0.39 is 0 Å². The van der Waals surface area contributed by atoms with Crippen LogP contribution in [0.1, 0.15) is 12.8 Å². The summed E-state index contributed by atoms with van der Waals surface area (Å²) in [5, 5.41) is 16.2. The largest absolute Gasteiger partial charge is 0.336 e. The van der Waals surface area contributed by atoms with Gasteiger partial charge in [0.25, 0.3) is 0 Å². The molecule has 8 heteroatoms. The molecular formula is C16H14ClN7. The zero-order valence-electron chi connectivity index (χ0n) is 12.7. The van der Waals surface area contributed by atoms with Gasteiger partial charge in [0.2, 0.25) is 0 Å². The molecule has 4 aromatic rings. The van der Waals surface area contributed by atoms with E-state index in [0.29, 0.717) is 16.9 Å². The lowest BCUT2D eigenvalue weighted by Gasteiger charge is -2.04. The number of rotatable bonds is 4. The first kappa shape index (κ1) is 13.7. The van der Waals surface area contributed by atoms with Crippen molar-refractivity contribution in [3.63, 3.8) is 0 Å². The van der Waals surface area contributed by atoms with Crippen molar-refractivity contribution < 1.29 is 0 Å². The molecule has 120 valence electrons. The molecule has 0 saturated heterocycles. The zero-order valence-corrected chi connectivity index (χ0v) is 13.5. The second-order valence-corrected chi connectivity index (χ2v) is 6.47. The highest BCUT2D eigenvalue weighted by Crippen LogP contribution is 2.33. The topological polar surface area (TPSA) is 84.3 Å². The number of hydrogen-bond acceptors (Lipinski definition) is 5. The van der Waals surface area contributed by atoms with Crippen LogP contribution in [0.3, 0.4) is 0 Å². The summed E-state index contributed by atoms with van der Waals surface area (Å²) in [5.41, 5.74) is 3.29. The molecule has 0 unspecified atom stereocenters. The van der Waals surface area contributed by atoms with E-state index in [1.807, 2.05) is 22.9 Å². The van der Waals surface area contributed by atoms with Gasteiger partial charge in [-0.1, -0.05) is 11.6 Å². The first-order chi connectivity index (χ1) is 11.8. The van der Waals surface area contributed by atoms with Crippen molar-refractivity contribution in [1.29, 1.82) is 0 Å². The number of aromatic nitrogens is 6. The van der Waals surface area contributed by atoms with Crippen LogP contribution < -0.4 is 5.32 Å². The average Bonchev–Trinajstić information content (AvgIpc) is 3.25. The SMILES string of the molecule is Clc1nn(CC2CC2)c2ncc(Nc3n[nH]c4cccnc34)cc12. The van der Waals surface area contributed by atoms with Crippen molar-refractivity contribution in [3.05, 3.63) is 35.7 Å². The number of halogens is 1. The number of H-pyrrole nitrogens is 1. The minimum Gasteiger partial charge on any atom is -0.336 e. The molecule has 4 aromatic heterocycles. The van der Waals surface area contributed by atoms with E-state index in [9.17, 15) is 0 Å². The highest BCUT2D eigenvalue weighted by atomic mass is 35.5. The molecule has 5 rings (SSSR count). The van der Waals surface area contributed by atoms with Gasteiger partial charge in [-0.15, -0.1) is 0 Å². The average molecular weight is 340 g/mol. The summed E-state index contributed by atoms with van der Waals surface area (Å²) in [7, 11) is 0. The maximum atomic E-state index is 6.30. The van der Waals surface area contributed by atoms with Crippen LogP contribution in [0.4, 0.5) is 11.5 Å². The van der Waals surface area contributed by atoms with Gasteiger partial charge in [-0.05, 0) is 37.0 Å². The highest BCUT2D eigenvalue weighted by Gasteiger charge is 2.24. The minimum atomic E-state index is 0.479. The minimum absolute atomic E-state index is 0.479. The van der Waals surface area contributed by atoms with Crippen LogP contribution >= 0.6 is 11.6 Å². The van der Waals surface area contributed by atoms with Gasteiger partial charge in [0, 0.05) is 12.7 Å². The Bertz CT molecular complexity index is 1050. The van der Waals surface area contributed by atoms with Crippen LogP contribution in [0.2, 0.25) is 5.15 Å². The van der Waals surface area contributed by atoms with E-state index in [1.165, 1.54) is 12.8 Å². The third-order valence-electron chi connectivity index (χ3n) is 4.25. The molecule has 1 aliphatic rings. The third-order valence-corrected chi connectivity index (χ3v) is 4.53. The maximum absolute atomic E-state index is 6.30. The first-order valence-corrected chi connectivity index (χ1v) is 8.24. The molecule has 1 aliphatic carbocycles. The molecule has 2 N–H and O–H groups in total. The van der Waals surface area contributed by atoms with E-state index >= 15 is 0 Å². The molecule has 7 nitrogen and oxygen atoms in total. The summed E-state index contributed by atoms with van der Waals surface area (Å²) in [5.74, 6) is 1.37. The van der Waals surface area contributed by atoms with Gasteiger partial charge in [-0.3, -0.25) is 10.1 Å². The van der Waals surface area contributed by atoms with Crippen LogP contribution in [0, 0.1) is 5.92 Å². The Balaban J connectivity index is 1.52. The van der Waals surface area contributed by atoms with Gasteiger partial charge in [-0.25, -0.2) is 9.67 Å². The third kappa shape index (κ3) is 2.28. The van der Waals surface area contributed by atoms with E-state index in [-0.39, 0.29) is 0 Å². The van der Waals surface area contributed by atoms with E-state index in [4.69, 9.17) is 11.6 Å². The summed E-state index contributed by atoms with van der Waals surface area (Å²) in [6.07, 6.45) is 6.03. The molecule has 0 bridgehead atoms. The second kappa shape index (κ2) is 5.17. The van der Waals surface area contributed by atoms with Crippen molar-refractivity contribution in [2.45, 2.75) is 19.4 Å². The Hall–Kier alpha value is -2.67. The number of nitrogens with zero attached hydrogens (tertiary/aromatic N) is 5. The lowest BCUT2D eigenvalue weighted by atomic mass is 10.3. The van der Waals surface area contributed by atoms with Gasteiger partial charge >= 0.3 is 0 Å². The van der Waals surface area contributed by atoms with Crippen molar-refractivity contribution in [3.8, 4) is 0 Å². The molecule has 0 atom stereocenters. The number of anilines is 2. The Kier molecular flexibility index (Phi) is 2.96. The Morgan fingerprint density at radius 3 is 3.12 bits per heavy atom. The summed E-state index contributed by atoms with van der Waals surface area (Å²) in [6.45, 7) is 0.886. The first-order valence-electron chi connectivity index (χ1n) is 7.86. The van der Waals surface area contributed by atoms with E-state index in [1.54, 1.807) is 12.4 Å². The highest BCUT2D eigenvalue weighted by molar-refractivity contribution is 6.34. The molecule has 4 heterocycles. The number of aromatic amines is 1. The van der Waals surface area contributed by atoms with Crippen LogP contribution in [-0.2, 0) is 6.54 Å². The van der Waals surface area contributed by atoms with Crippen molar-refractivity contribution in [2.24, 2.45) is 5.92 Å². The van der Waals surface area contributed by atoms with Gasteiger partial charge in [0.1, 0.15) is 5.52 Å². The Labute approximate surface area is 142 Å². The smallest absolute Gasteiger partial charge is 0.178 e. The Morgan fingerprint density at radius 1 is 1.33 bits per heavy atom. The number of pyridine rings is 2. The molecular weight excluding hydrogens is 326 g/mol. The van der Waals surface area contributed by atoms with E-state index in [0.717, 1.165) is 34.3 Å². The molecule has 24 heavy (non-hydrogen) atoms. The number of nitrogens with one attached hydrogen (secondary N) is 2. The van der Waals surface area contributed by atoms with E-state index in [2.05, 4.69) is 30.6 Å². The quantitative estimate of drug-likeness (QED) is 0.594. The fraction of sp³-hybridized carbons (Fsp3) is 0.250. The lowest BCUT2D eigenvalue weighted by Crippen LogP contribution is -2.02. The molecule has 0 radical (unpaired) electrons. The standard InChI is InChI=1S/C16H14ClN7/c17-14-11-6-10(7-19-16(11)24(23-14)8-9-3-4-9)20-15-13-12(21-22-15)2-1-5-18-13/h1-2,5-7,9H,3-4,8H2,(H2,20,21,22). The Morgan fingerprint density at radius 2 is 2.25 bits per heavy atom. The van der Waals surface area contributed by atoms with Crippen LogP contribution in [-0.4, -0.2) is 29.9 Å². The summed E-state index contributed by atoms with van der Waals surface area (Å²) >= 11 is 6.30. The molecule has 1 fully saturated rings. The predicted molar refractivity (Wildman–Crippen MR) is 92.4 cm³/mol. The molecule has 0 aromatic carbocycles. The van der Waals surface area contributed by atoms with Crippen LogP contribution in [0.5, 0.6) is 0 Å². The van der Waals surface area contributed by atoms with Crippen molar-refractivity contribution in [2.75, 3.05) is 5.32 Å². The number of fused-ring (bicyclic) bond motifs is 2. The van der Waals surface area contributed by atoms with Crippen molar-refractivity contribution in [1.82, 2.24) is 29.9 Å².